The molecule has 70 valence electrons. The van der Waals surface area contributed by atoms with Gasteiger partial charge in [-0.2, -0.15) is 0 Å². The maximum absolute atomic E-state index is 9.92. The van der Waals surface area contributed by atoms with Gasteiger partial charge in [0, 0.05) is 0 Å². The van der Waals surface area contributed by atoms with E-state index in [1.54, 1.807) is 0 Å². The second-order valence-corrected chi connectivity index (χ2v) is 10.1. The molecule has 0 rings (SSSR count). The van der Waals surface area contributed by atoms with E-state index in [9.17, 15) is 40.5 Å². The first-order chi connectivity index (χ1) is 5.77. The van der Waals surface area contributed by atoms with Gasteiger partial charge in [-0.25, -0.2) is 0 Å². The van der Waals surface area contributed by atoms with Gasteiger partial charge in [-0.1, -0.05) is 0 Å². The van der Waals surface area contributed by atoms with Crippen molar-refractivity contribution in [2.45, 2.75) is 0 Å². The summed E-state index contributed by atoms with van der Waals surface area (Å²) in [4.78, 5) is 39.7. The first-order valence-electron chi connectivity index (χ1n) is 2.73. The molecule has 0 amide bonds. The molecule has 0 aliphatic heterocycles. The molecule has 13 heteroatoms. The van der Waals surface area contributed by atoms with Crippen LogP contribution in [0.2, 0.25) is 0 Å². The monoisotopic (exact) mass is 248 g/mol. The molecule has 0 radical (unpaired) electrons. The van der Waals surface area contributed by atoms with Crippen molar-refractivity contribution >= 4 is 0 Å². The van der Waals surface area contributed by atoms with Crippen molar-refractivity contribution in [1.82, 2.24) is 0 Å². The van der Waals surface area contributed by atoms with E-state index in [-0.39, 0.29) is 0 Å². The van der Waals surface area contributed by atoms with Crippen molar-refractivity contribution in [3.8, 4) is 0 Å². The Bertz CT molecular complexity index is 231. The number of rotatable bonds is 4. The van der Waals surface area contributed by atoms with E-state index < -0.39 is 30.4 Å². The fraction of sp³-hybridized carbons (Fsp3) is 0. The molecule has 0 bridgehead atoms. The Kier molecular flexibility index (Phi) is 2.85. The Labute approximate surface area is 71.6 Å². The SMILES string of the molecule is O=[N+]([O-])[Zn]([N+](=O)[O-])([N+](=O)[O-])[N+](=O)[O-]. The van der Waals surface area contributed by atoms with Gasteiger partial charge in [-0.15, -0.1) is 0 Å². The molecule has 0 N–H and O–H groups in total. The fourth-order valence-corrected chi connectivity index (χ4v) is 2.94. The zero-order chi connectivity index (χ0) is 10.8. The Morgan fingerprint density at radius 1 is 0.615 bits per heavy atom. The number of hydrogen-bond donors (Lipinski definition) is 0. The molecule has 0 aromatic rings. The van der Waals surface area contributed by atoms with Crippen molar-refractivity contribution < 1.29 is 30.4 Å². The minimum atomic E-state index is -7.14. The van der Waals surface area contributed by atoms with E-state index in [0.717, 1.165) is 0 Å². The first kappa shape index (κ1) is 11.2. The molecule has 13 heavy (non-hydrogen) atoms. The third kappa shape index (κ3) is 1.40. The second-order valence-electron chi connectivity index (χ2n) is 2.18. The van der Waals surface area contributed by atoms with Gasteiger partial charge in [-0.3, -0.25) is 0 Å². The van der Waals surface area contributed by atoms with Crippen molar-refractivity contribution in [1.29, 1.82) is 0 Å². The van der Waals surface area contributed by atoms with E-state index in [2.05, 4.69) is 0 Å². The Hall–Kier alpha value is -1.78. The van der Waals surface area contributed by atoms with Crippen molar-refractivity contribution in [2.75, 3.05) is 0 Å². The van der Waals surface area contributed by atoms with E-state index >= 15 is 0 Å². The van der Waals surface area contributed by atoms with Gasteiger partial charge in [-0.05, 0) is 0 Å². The molecule has 0 fully saturated rings. The van der Waals surface area contributed by atoms with Crippen LogP contribution in [0.4, 0.5) is 0 Å². The van der Waals surface area contributed by atoms with Crippen LogP contribution in [0, 0.1) is 40.5 Å². The van der Waals surface area contributed by atoms with E-state index in [0.29, 0.717) is 0 Å². The summed E-state index contributed by atoms with van der Waals surface area (Å²) in [5, 5.41) is 39.7. The summed E-state index contributed by atoms with van der Waals surface area (Å²) in [5.74, 6) is 0. The summed E-state index contributed by atoms with van der Waals surface area (Å²) >= 11 is -7.14. The second kappa shape index (κ2) is 3.30. The summed E-state index contributed by atoms with van der Waals surface area (Å²) in [5.41, 5.74) is 0. The quantitative estimate of drug-likeness (QED) is 0.343. The van der Waals surface area contributed by atoms with E-state index in [1.807, 2.05) is 0 Å². The molecule has 0 atom stereocenters. The summed E-state index contributed by atoms with van der Waals surface area (Å²) in [6.45, 7) is 0. The Morgan fingerprint density at radius 2 is 0.769 bits per heavy atom. The molecule has 0 aliphatic rings. The Morgan fingerprint density at radius 3 is 0.769 bits per heavy atom. The number of nitro groups is 4. The number of hydrogen-bond acceptors (Lipinski definition) is 8. The fourth-order valence-electron chi connectivity index (χ4n) is 0.566. The topological polar surface area (TPSA) is 173 Å². The van der Waals surface area contributed by atoms with Gasteiger partial charge in [0.05, 0.1) is 0 Å². The molecule has 0 aromatic heterocycles. The van der Waals surface area contributed by atoms with Crippen LogP contribution in [-0.4, -0.2) is 14.7 Å². The van der Waals surface area contributed by atoms with Crippen molar-refractivity contribution in [3.63, 3.8) is 0 Å². The molecule has 0 heterocycles. The van der Waals surface area contributed by atoms with E-state index in [4.69, 9.17) is 0 Å². The molecule has 0 aliphatic carbocycles. The van der Waals surface area contributed by atoms with Crippen LogP contribution >= 0.6 is 0 Å². The summed E-state index contributed by atoms with van der Waals surface area (Å²) < 4.78 is -7.88. The van der Waals surface area contributed by atoms with Crippen LogP contribution in [-0.2, 0) is 15.7 Å². The third-order valence-electron chi connectivity index (χ3n) is 1.39. The van der Waals surface area contributed by atoms with Crippen molar-refractivity contribution in [2.24, 2.45) is 0 Å². The van der Waals surface area contributed by atoms with Gasteiger partial charge < -0.3 is 0 Å². The van der Waals surface area contributed by atoms with Crippen LogP contribution in [0.3, 0.4) is 0 Å². The molecule has 0 spiro atoms. The predicted molar refractivity (Wildman–Crippen MR) is 28.0 cm³/mol. The molecular weight excluding hydrogens is 249 g/mol. The standard InChI is InChI=1S/4NO2.Zn/c4*2-1-3;. The maximum atomic E-state index is 9.92. The average molecular weight is 249 g/mol. The normalized spacial score (nSPS) is 9.23. The zero-order valence-corrected chi connectivity index (χ0v) is 8.73. The zero-order valence-electron chi connectivity index (χ0n) is 5.76. The van der Waals surface area contributed by atoms with Crippen LogP contribution in [0.1, 0.15) is 0 Å². The summed E-state index contributed by atoms with van der Waals surface area (Å²) in [6.07, 6.45) is 0. The number of nitrogens with zero attached hydrogens (tertiary/aromatic N) is 4. The first-order valence-corrected chi connectivity index (χ1v) is 8.03. The molecule has 0 saturated carbocycles. The van der Waals surface area contributed by atoms with Crippen molar-refractivity contribution in [3.05, 3.63) is 40.5 Å². The van der Waals surface area contributed by atoms with E-state index in [1.165, 1.54) is 0 Å². The molecule has 0 saturated heterocycles. The Balaban J connectivity index is 5.60. The molecular formula is N4O8Zn. The van der Waals surface area contributed by atoms with Crippen LogP contribution < -0.4 is 0 Å². The van der Waals surface area contributed by atoms with Gasteiger partial charge >= 0.3 is 70.9 Å². The molecule has 12 nitrogen and oxygen atoms in total. The van der Waals surface area contributed by atoms with Gasteiger partial charge in [0.15, 0.2) is 0 Å². The molecule has 0 unspecified atom stereocenters. The van der Waals surface area contributed by atoms with Crippen LogP contribution in [0.25, 0.3) is 0 Å². The minimum absolute atomic E-state index is 1.97. The van der Waals surface area contributed by atoms with Crippen LogP contribution in [0.5, 0.6) is 0 Å². The van der Waals surface area contributed by atoms with Gasteiger partial charge in [0.25, 0.3) is 0 Å². The summed E-state index contributed by atoms with van der Waals surface area (Å²) in [6, 6.07) is 0. The average Bonchev–Trinajstić information content (AvgIpc) is 1.82. The predicted octanol–water partition coefficient (Wildman–Crippen LogP) is -1.09. The van der Waals surface area contributed by atoms with Gasteiger partial charge in [0.1, 0.15) is 0 Å². The van der Waals surface area contributed by atoms with Gasteiger partial charge in [0.2, 0.25) is 0 Å². The third-order valence-corrected chi connectivity index (χ3v) is 7.20. The molecule has 0 aromatic carbocycles. The summed E-state index contributed by atoms with van der Waals surface area (Å²) in [7, 11) is 0. The van der Waals surface area contributed by atoms with Crippen LogP contribution in [0.15, 0.2) is 0 Å².